The topological polar surface area (TPSA) is 0 Å². The van der Waals surface area contributed by atoms with Gasteiger partial charge >= 0.3 is 0 Å². The molecule has 0 radical (unpaired) electrons. The maximum atomic E-state index is 5.96. The summed E-state index contributed by atoms with van der Waals surface area (Å²) in [4.78, 5) is 0. The fourth-order valence-electron chi connectivity index (χ4n) is 1.35. The molecule has 1 atom stereocenters. The van der Waals surface area contributed by atoms with E-state index in [1.165, 1.54) is 5.56 Å². The fourth-order valence-corrected chi connectivity index (χ4v) is 1.46. The molecule has 0 N–H and O–H groups in total. The first-order valence-electron chi connectivity index (χ1n) is 4.80. The lowest BCUT2D eigenvalue weighted by atomic mass is 9.97. The van der Waals surface area contributed by atoms with E-state index >= 15 is 0 Å². The van der Waals surface area contributed by atoms with E-state index in [9.17, 15) is 0 Å². The predicted octanol–water partition coefficient (Wildman–Crippen LogP) is 4.17. The number of benzene rings is 1. The molecule has 14 heavy (non-hydrogen) atoms. The number of hydrogen-bond acceptors (Lipinski definition) is 0. The maximum absolute atomic E-state index is 5.96. The first-order chi connectivity index (χ1) is 6.65. The van der Waals surface area contributed by atoms with Crippen molar-refractivity contribution in [2.24, 2.45) is 0 Å². The maximum Gasteiger partial charge on any atom is 0.0435 e. The molecule has 0 saturated heterocycles. The van der Waals surface area contributed by atoms with E-state index < -0.39 is 0 Å². The normalized spacial score (nSPS) is 11.7. The van der Waals surface area contributed by atoms with Gasteiger partial charge in [-0.3, -0.25) is 0 Å². The van der Waals surface area contributed by atoms with Gasteiger partial charge in [0.1, 0.15) is 0 Å². The van der Waals surface area contributed by atoms with Gasteiger partial charge in [-0.15, -0.1) is 11.8 Å². The lowest BCUT2D eigenvalue weighted by molar-refractivity contribution is 0.794. The number of rotatable bonds is 2. The standard InChI is InChI=1S/C13H15Cl/c1-4-5-6-10(2)12-7-8-13(14)11(3)9-12/h7-10H,6H2,1-3H3. The average Bonchev–Trinajstić information content (AvgIpc) is 2.18. The molecule has 0 amide bonds. The highest BCUT2D eigenvalue weighted by Crippen LogP contribution is 2.23. The molecule has 0 saturated carbocycles. The third kappa shape index (κ3) is 2.79. The molecule has 1 aromatic rings. The molecule has 1 heteroatoms. The van der Waals surface area contributed by atoms with Gasteiger partial charge in [0, 0.05) is 11.4 Å². The van der Waals surface area contributed by atoms with E-state index in [1.807, 2.05) is 19.9 Å². The molecule has 1 rings (SSSR count). The summed E-state index contributed by atoms with van der Waals surface area (Å²) in [5, 5.41) is 0.836. The van der Waals surface area contributed by atoms with E-state index in [0.29, 0.717) is 5.92 Å². The molecule has 0 aliphatic rings. The molecule has 0 fully saturated rings. The molecule has 0 heterocycles. The minimum Gasteiger partial charge on any atom is -0.107 e. The van der Waals surface area contributed by atoms with E-state index in [0.717, 1.165) is 17.0 Å². The van der Waals surface area contributed by atoms with Crippen LogP contribution in [0.4, 0.5) is 0 Å². The third-order valence-electron chi connectivity index (χ3n) is 2.34. The van der Waals surface area contributed by atoms with Gasteiger partial charge in [0.25, 0.3) is 0 Å². The van der Waals surface area contributed by atoms with E-state index in [2.05, 4.69) is 30.9 Å². The van der Waals surface area contributed by atoms with Crippen LogP contribution < -0.4 is 0 Å². The van der Waals surface area contributed by atoms with Gasteiger partial charge < -0.3 is 0 Å². The molecule has 0 bridgehead atoms. The van der Waals surface area contributed by atoms with Crippen molar-refractivity contribution in [3.05, 3.63) is 34.3 Å². The van der Waals surface area contributed by atoms with Crippen molar-refractivity contribution >= 4 is 11.6 Å². The zero-order valence-corrected chi connectivity index (χ0v) is 9.65. The summed E-state index contributed by atoms with van der Waals surface area (Å²) in [5.74, 6) is 6.50. The summed E-state index contributed by atoms with van der Waals surface area (Å²) in [5.41, 5.74) is 2.45. The van der Waals surface area contributed by atoms with Gasteiger partial charge in [-0.2, -0.15) is 0 Å². The van der Waals surface area contributed by atoms with Crippen molar-refractivity contribution in [1.82, 2.24) is 0 Å². The van der Waals surface area contributed by atoms with Gasteiger partial charge in [-0.25, -0.2) is 0 Å². The van der Waals surface area contributed by atoms with Crippen LogP contribution in [0, 0.1) is 18.8 Å². The summed E-state index contributed by atoms with van der Waals surface area (Å²) in [6.07, 6.45) is 0.914. The second-order valence-corrected chi connectivity index (χ2v) is 3.95. The quantitative estimate of drug-likeness (QED) is 0.638. The van der Waals surface area contributed by atoms with Crippen LogP contribution in [0.1, 0.15) is 37.3 Å². The molecule has 1 aromatic carbocycles. The van der Waals surface area contributed by atoms with Crippen LogP contribution in [0.25, 0.3) is 0 Å². The van der Waals surface area contributed by atoms with Crippen molar-refractivity contribution < 1.29 is 0 Å². The van der Waals surface area contributed by atoms with Crippen molar-refractivity contribution in [2.75, 3.05) is 0 Å². The third-order valence-corrected chi connectivity index (χ3v) is 2.76. The largest absolute Gasteiger partial charge is 0.107 e. The van der Waals surface area contributed by atoms with Crippen LogP contribution in [0.3, 0.4) is 0 Å². The molecule has 0 aromatic heterocycles. The van der Waals surface area contributed by atoms with Crippen molar-refractivity contribution in [3.8, 4) is 11.8 Å². The Labute approximate surface area is 91.3 Å². The monoisotopic (exact) mass is 206 g/mol. The summed E-state index contributed by atoms with van der Waals surface area (Å²) < 4.78 is 0. The minimum atomic E-state index is 0.485. The Morgan fingerprint density at radius 1 is 1.43 bits per heavy atom. The van der Waals surface area contributed by atoms with Crippen LogP contribution in [-0.2, 0) is 0 Å². The highest BCUT2D eigenvalue weighted by Gasteiger charge is 2.04. The summed E-state index contributed by atoms with van der Waals surface area (Å²) in [6.45, 7) is 6.09. The number of hydrogen-bond donors (Lipinski definition) is 0. The summed E-state index contributed by atoms with van der Waals surface area (Å²) >= 11 is 5.96. The molecule has 0 spiro atoms. The Kier molecular flexibility index (Phi) is 4.04. The zero-order valence-electron chi connectivity index (χ0n) is 8.89. The zero-order chi connectivity index (χ0) is 10.6. The smallest absolute Gasteiger partial charge is 0.0435 e. The average molecular weight is 207 g/mol. The number of aryl methyl sites for hydroxylation is 1. The van der Waals surface area contributed by atoms with Crippen molar-refractivity contribution in [2.45, 2.75) is 33.1 Å². The molecule has 0 nitrogen and oxygen atoms in total. The van der Waals surface area contributed by atoms with Crippen LogP contribution in [0.5, 0.6) is 0 Å². The molecular weight excluding hydrogens is 192 g/mol. The van der Waals surface area contributed by atoms with Gasteiger partial charge in [-0.1, -0.05) is 30.7 Å². The van der Waals surface area contributed by atoms with Crippen LogP contribution in [0.15, 0.2) is 18.2 Å². The second-order valence-electron chi connectivity index (χ2n) is 3.54. The minimum absolute atomic E-state index is 0.485. The van der Waals surface area contributed by atoms with E-state index in [1.54, 1.807) is 0 Å². The van der Waals surface area contributed by atoms with Gasteiger partial charge in [-0.05, 0) is 37.0 Å². The SMILES string of the molecule is CC#CCC(C)c1ccc(Cl)c(C)c1. The highest BCUT2D eigenvalue weighted by atomic mass is 35.5. The number of halogens is 1. The second kappa shape index (κ2) is 5.08. The lowest BCUT2D eigenvalue weighted by Crippen LogP contribution is -1.92. The Morgan fingerprint density at radius 3 is 2.71 bits per heavy atom. The predicted molar refractivity (Wildman–Crippen MR) is 62.7 cm³/mol. The Hall–Kier alpha value is -0.930. The van der Waals surface area contributed by atoms with Gasteiger partial charge in [0.15, 0.2) is 0 Å². The first kappa shape index (κ1) is 11.1. The summed E-state index contributed by atoms with van der Waals surface area (Å²) in [6, 6.07) is 6.18. The summed E-state index contributed by atoms with van der Waals surface area (Å²) in [7, 11) is 0. The van der Waals surface area contributed by atoms with Crippen molar-refractivity contribution in [1.29, 1.82) is 0 Å². The van der Waals surface area contributed by atoms with Crippen LogP contribution in [-0.4, -0.2) is 0 Å². The van der Waals surface area contributed by atoms with Gasteiger partial charge in [0.2, 0.25) is 0 Å². The first-order valence-corrected chi connectivity index (χ1v) is 5.18. The lowest BCUT2D eigenvalue weighted by Gasteiger charge is -2.09. The van der Waals surface area contributed by atoms with E-state index in [4.69, 9.17) is 11.6 Å². The highest BCUT2D eigenvalue weighted by molar-refractivity contribution is 6.31. The fraction of sp³-hybridized carbons (Fsp3) is 0.385. The Balaban J connectivity index is 2.83. The molecule has 0 aliphatic carbocycles. The Bertz CT molecular complexity index is 369. The van der Waals surface area contributed by atoms with E-state index in [-0.39, 0.29) is 0 Å². The van der Waals surface area contributed by atoms with Crippen LogP contribution >= 0.6 is 11.6 Å². The van der Waals surface area contributed by atoms with Crippen molar-refractivity contribution in [3.63, 3.8) is 0 Å². The molecular formula is C13H15Cl. The molecule has 0 aliphatic heterocycles. The Morgan fingerprint density at radius 2 is 2.14 bits per heavy atom. The van der Waals surface area contributed by atoms with Gasteiger partial charge in [0.05, 0.1) is 0 Å². The molecule has 74 valence electrons. The molecule has 1 unspecified atom stereocenters. The van der Waals surface area contributed by atoms with Crippen LogP contribution in [0.2, 0.25) is 5.02 Å².